The number of nitrogens with one attached hydrogen (secondary N) is 1. The van der Waals surface area contributed by atoms with Crippen molar-refractivity contribution in [2.45, 2.75) is 63.8 Å². The molecule has 0 spiro atoms. The minimum absolute atomic E-state index is 0.968. The van der Waals surface area contributed by atoms with Crippen LogP contribution in [0.15, 0.2) is 0 Å². The highest BCUT2D eigenvalue weighted by Crippen LogP contribution is 2.43. The second-order valence-corrected chi connectivity index (χ2v) is 8.07. The van der Waals surface area contributed by atoms with Gasteiger partial charge in [-0.3, -0.25) is 0 Å². The van der Waals surface area contributed by atoms with Gasteiger partial charge in [-0.15, -0.1) is 0 Å². The summed E-state index contributed by atoms with van der Waals surface area (Å²) in [6, 6.07) is 0.968. The van der Waals surface area contributed by atoms with Crippen LogP contribution < -0.4 is 5.32 Å². The molecular weight excluding hydrogens is 244 g/mol. The lowest BCUT2D eigenvalue weighted by Gasteiger charge is -2.48. The number of hydrogen-bond acceptors (Lipinski definition) is 2. The predicted octanol–water partition coefficient (Wildman–Crippen LogP) is 3.28. The van der Waals surface area contributed by atoms with E-state index in [1.54, 1.807) is 12.8 Å². The van der Waals surface area contributed by atoms with Crippen LogP contribution in [-0.4, -0.2) is 37.1 Å². The van der Waals surface area contributed by atoms with Gasteiger partial charge in [0.2, 0.25) is 0 Å². The Bertz CT molecular complexity index is 297. The van der Waals surface area contributed by atoms with Crippen LogP contribution >= 0.6 is 0 Å². The fourth-order valence-corrected chi connectivity index (χ4v) is 5.80. The van der Waals surface area contributed by atoms with Gasteiger partial charge in [-0.2, -0.15) is 0 Å². The molecule has 0 amide bonds. The highest BCUT2D eigenvalue weighted by molar-refractivity contribution is 4.91. The average Bonchev–Trinajstić information content (AvgIpc) is 2.54. The lowest BCUT2D eigenvalue weighted by molar-refractivity contribution is 0.0252. The highest BCUT2D eigenvalue weighted by Gasteiger charge is 2.38. The van der Waals surface area contributed by atoms with Crippen molar-refractivity contribution in [1.29, 1.82) is 0 Å². The molecule has 3 saturated heterocycles. The molecule has 0 bridgehead atoms. The number of rotatable bonds is 1. The Labute approximate surface area is 124 Å². The van der Waals surface area contributed by atoms with Gasteiger partial charge in [-0.25, -0.2) is 0 Å². The molecule has 1 aliphatic carbocycles. The molecule has 5 unspecified atom stereocenters. The molecule has 3 heterocycles. The zero-order valence-corrected chi connectivity index (χ0v) is 13.0. The van der Waals surface area contributed by atoms with E-state index in [1.807, 2.05) is 0 Å². The molecule has 0 radical (unpaired) electrons. The zero-order chi connectivity index (χ0) is 13.4. The maximum absolute atomic E-state index is 3.61. The summed E-state index contributed by atoms with van der Waals surface area (Å²) in [5, 5.41) is 3.61. The first-order chi connectivity index (χ1) is 9.90. The lowest BCUT2D eigenvalue weighted by Crippen LogP contribution is -2.49. The third-order valence-corrected chi connectivity index (χ3v) is 7.03. The topological polar surface area (TPSA) is 15.3 Å². The smallest absolute Gasteiger partial charge is 0.00954 e. The van der Waals surface area contributed by atoms with Crippen molar-refractivity contribution in [1.82, 2.24) is 10.2 Å². The van der Waals surface area contributed by atoms with Crippen molar-refractivity contribution < 1.29 is 0 Å². The Hall–Kier alpha value is -0.0800. The fourth-order valence-electron chi connectivity index (χ4n) is 5.80. The molecule has 4 rings (SSSR count). The van der Waals surface area contributed by atoms with Gasteiger partial charge in [0.25, 0.3) is 0 Å². The van der Waals surface area contributed by atoms with Crippen LogP contribution in [0.1, 0.15) is 57.8 Å². The monoisotopic (exact) mass is 276 g/mol. The first kappa shape index (κ1) is 13.6. The van der Waals surface area contributed by atoms with Crippen LogP contribution in [0.4, 0.5) is 0 Å². The van der Waals surface area contributed by atoms with Gasteiger partial charge >= 0.3 is 0 Å². The summed E-state index contributed by atoms with van der Waals surface area (Å²) in [4.78, 5) is 2.87. The largest absolute Gasteiger partial charge is 0.316 e. The van der Waals surface area contributed by atoms with E-state index in [-0.39, 0.29) is 0 Å². The van der Waals surface area contributed by atoms with Gasteiger partial charge in [0.05, 0.1) is 0 Å². The standard InChI is InChI=1S/C18H32N2/c1-2-10-20-13-17(6-7-18(20)3-1)14-4-5-16-12-19-9-8-15(16)11-14/h14-19H,1-13H2. The Morgan fingerprint density at radius 3 is 2.60 bits per heavy atom. The summed E-state index contributed by atoms with van der Waals surface area (Å²) in [5.74, 6) is 4.19. The quantitative estimate of drug-likeness (QED) is 0.791. The Morgan fingerprint density at radius 2 is 1.60 bits per heavy atom. The van der Waals surface area contributed by atoms with E-state index in [4.69, 9.17) is 0 Å². The highest BCUT2D eigenvalue weighted by atomic mass is 15.2. The summed E-state index contributed by atoms with van der Waals surface area (Å²) in [6.07, 6.45) is 13.6. The van der Waals surface area contributed by atoms with Gasteiger partial charge in [0.1, 0.15) is 0 Å². The Kier molecular flexibility index (Phi) is 4.05. The Balaban J connectivity index is 1.36. The van der Waals surface area contributed by atoms with Gasteiger partial charge in [0, 0.05) is 12.6 Å². The van der Waals surface area contributed by atoms with Crippen molar-refractivity contribution in [3.8, 4) is 0 Å². The maximum atomic E-state index is 3.61. The van der Waals surface area contributed by atoms with Crippen LogP contribution in [0.3, 0.4) is 0 Å². The molecule has 3 aliphatic heterocycles. The average molecular weight is 276 g/mol. The molecule has 2 heteroatoms. The van der Waals surface area contributed by atoms with Gasteiger partial charge in [0.15, 0.2) is 0 Å². The van der Waals surface area contributed by atoms with Crippen LogP contribution in [0, 0.1) is 23.7 Å². The minimum Gasteiger partial charge on any atom is -0.316 e. The normalized spacial score (nSPS) is 46.5. The number of hydrogen-bond donors (Lipinski definition) is 1. The van der Waals surface area contributed by atoms with Crippen LogP contribution in [0.5, 0.6) is 0 Å². The fraction of sp³-hybridized carbons (Fsp3) is 1.00. The molecule has 0 aromatic heterocycles. The van der Waals surface area contributed by atoms with Crippen molar-refractivity contribution in [2.75, 3.05) is 26.2 Å². The second-order valence-electron chi connectivity index (χ2n) is 8.07. The third kappa shape index (κ3) is 2.66. The van der Waals surface area contributed by atoms with Crippen LogP contribution in [-0.2, 0) is 0 Å². The second kappa shape index (κ2) is 5.96. The molecule has 20 heavy (non-hydrogen) atoms. The SMILES string of the molecule is C1CCN2CC(C3CCC4CNCCC4C3)CCC2C1. The first-order valence-corrected chi connectivity index (χ1v) is 9.35. The van der Waals surface area contributed by atoms with Crippen molar-refractivity contribution in [2.24, 2.45) is 23.7 Å². The summed E-state index contributed by atoms with van der Waals surface area (Å²) in [7, 11) is 0. The van der Waals surface area contributed by atoms with E-state index in [9.17, 15) is 0 Å². The van der Waals surface area contributed by atoms with Gasteiger partial charge in [-0.05, 0) is 94.7 Å². The zero-order valence-electron chi connectivity index (χ0n) is 13.0. The Morgan fingerprint density at radius 1 is 0.750 bits per heavy atom. The molecule has 0 aromatic rings. The van der Waals surface area contributed by atoms with Crippen LogP contribution in [0.25, 0.3) is 0 Å². The van der Waals surface area contributed by atoms with Crippen LogP contribution in [0.2, 0.25) is 0 Å². The lowest BCUT2D eigenvalue weighted by atomic mass is 9.66. The number of piperidine rings is 3. The molecule has 0 aromatic carbocycles. The van der Waals surface area contributed by atoms with Gasteiger partial charge in [-0.1, -0.05) is 6.42 Å². The van der Waals surface area contributed by atoms with E-state index in [0.29, 0.717) is 0 Å². The van der Waals surface area contributed by atoms with E-state index in [1.165, 1.54) is 71.1 Å². The van der Waals surface area contributed by atoms with E-state index >= 15 is 0 Å². The molecule has 1 saturated carbocycles. The van der Waals surface area contributed by atoms with Gasteiger partial charge < -0.3 is 10.2 Å². The molecule has 114 valence electrons. The molecule has 4 fully saturated rings. The predicted molar refractivity (Wildman–Crippen MR) is 83.7 cm³/mol. The summed E-state index contributed by atoms with van der Waals surface area (Å²) >= 11 is 0. The molecule has 1 N–H and O–H groups in total. The maximum Gasteiger partial charge on any atom is 0.00954 e. The van der Waals surface area contributed by atoms with Crippen molar-refractivity contribution >= 4 is 0 Å². The summed E-state index contributed by atoms with van der Waals surface area (Å²) in [6.45, 7) is 5.46. The molecule has 2 nitrogen and oxygen atoms in total. The molecular formula is C18H32N2. The number of nitrogens with zero attached hydrogens (tertiary/aromatic N) is 1. The minimum atomic E-state index is 0.968. The number of fused-ring (bicyclic) bond motifs is 2. The third-order valence-electron chi connectivity index (χ3n) is 7.03. The first-order valence-electron chi connectivity index (χ1n) is 9.35. The van der Waals surface area contributed by atoms with E-state index < -0.39 is 0 Å². The van der Waals surface area contributed by atoms with E-state index in [2.05, 4.69) is 10.2 Å². The van der Waals surface area contributed by atoms with E-state index in [0.717, 1.165) is 29.7 Å². The van der Waals surface area contributed by atoms with Crippen molar-refractivity contribution in [3.63, 3.8) is 0 Å². The van der Waals surface area contributed by atoms with Crippen molar-refractivity contribution in [3.05, 3.63) is 0 Å². The summed E-state index contributed by atoms with van der Waals surface area (Å²) < 4.78 is 0. The molecule has 4 aliphatic rings. The summed E-state index contributed by atoms with van der Waals surface area (Å²) in [5.41, 5.74) is 0. The molecule has 5 atom stereocenters.